The standard InChI is InChI=1S/C7H10/c1-3-6-5-7(6)4-2/h3-4,6-7H,1-2,5H2/t6-,7+. The molecule has 1 fully saturated rings. The molecule has 7 heavy (non-hydrogen) atoms. The van der Waals surface area contributed by atoms with Crippen LogP contribution in [0.1, 0.15) is 6.42 Å². The van der Waals surface area contributed by atoms with Crippen LogP contribution in [0.3, 0.4) is 0 Å². The van der Waals surface area contributed by atoms with Crippen molar-refractivity contribution in [3.63, 3.8) is 0 Å². The molecule has 0 aliphatic heterocycles. The molecule has 0 radical (unpaired) electrons. The quantitative estimate of drug-likeness (QED) is 0.459. The first-order valence-electron chi connectivity index (χ1n) is 2.63. The van der Waals surface area contributed by atoms with E-state index in [1.807, 2.05) is 12.2 Å². The molecule has 0 N–H and O–H groups in total. The highest BCUT2D eigenvalue weighted by Crippen LogP contribution is 2.39. The lowest BCUT2D eigenvalue weighted by Gasteiger charge is -1.75. The van der Waals surface area contributed by atoms with Gasteiger partial charge in [0, 0.05) is 0 Å². The molecule has 0 spiro atoms. The van der Waals surface area contributed by atoms with Crippen molar-refractivity contribution >= 4 is 0 Å². The molecule has 0 nitrogen and oxygen atoms in total. The Morgan fingerprint density at radius 1 is 1.14 bits per heavy atom. The van der Waals surface area contributed by atoms with E-state index >= 15 is 0 Å². The minimum absolute atomic E-state index is 0.762. The van der Waals surface area contributed by atoms with Gasteiger partial charge in [0.2, 0.25) is 0 Å². The number of hydrogen-bond donors (Lipinski definition) is 0. The smallest absolute Gasteiger partial charge is 0.0167 e. The van der Waals surface area contributed by atoms with Crippen LogP contribution in [0, 0.1) is 11.8 Å². The van der Waals surface area contributed by atoms with E-state index in [1.54, 1.807) is 0 Å². The van der Waals surface area contributed by atoms with E-state index in [0.29, 0.717) is 0 Å². The molecule has 1 saturated carbocycles. The average molecular weight is 94.2 g/mol. The Hall–Kier alpha value is -0.520. The highest BCUT2D eigenvalue weighted by Gasteiger charge is 2.30. The summed E-state index contributed by atoms with van der Waals surface area (Å²) < 4.78 is 0. The summed E-state index contributed by atoms with van der Waals surface area (Å²) in [6.45, 7) is 7.35. The maximum Gasteiger partial charge on any atom is -0.0167 e. The lowest BCUT2D eigenvalue weighted by Crippen LogP contribution is -1.65. The van der Waals surface area contributed by atoms with E-state index < -0.39 is 0 Å². The van der Waals surface area contributed by atoms with E-state index in [0.717, 1.165) is 11.8 Å². The molecule has 38 valence electrons. The molecule has 0 bridgehead atoms. The van der Waals surface area contributed by atoms with Gasteiger partial charge in [-0.3, -0.25) is 0 Å². The second-order valence-corrected chi connectivity index (χ2v) is 2.03. The van der Waals surface area contributed by atoms with E-state index in [1.165, 1.54) is 6.42 Å². The summed E-state index contributed by atoms with van der Waals surface area (Å²) in [6, 6.07) is 0. The van der Waals surface area contributed by atoms with Crippen LogP contribution >= 0.6 is 0 Å². The van der Waals surface area contributed by atoms with Gasteiger partial charge in [-0.05, 0) is 18.3 Å². The van der Waals surface area contributed by atoms with Crippen molar-refractivity contribution < 1.29 is 0 Å². The molecule has 0 amide bonds. The molecule has 1 aliphatic rings. The molecule has 0 heterocycles. The van der Waals surface area contributed by atoms with Gasteiger partial charge in [0.05, 0.1) is 0 Å². The first-order valence-corrected chi connectivity index (χ1v) is 2.63. The summed E-state index contributed by atoms with van der Waals surface area (Å²) in [5.74, 6) is 1.52. The average Bonchev–Trinajstić information content (AvgIpc) is 2.43. The second-order valence-electron chi connectivity index (χ2n) is 2.03. The van der Waals surface area contributed by atoms with Crippen LogP contribution in [0.2, 0.25) is 0 Å². The monoisotopic (exact) mass is 94.1 g/mol. The van der Waals surface area contributed by atoms with Gasteiger partial charge >= 0.3 is 0 Å². The number of allylic oxidation sites excluding steroid dienone is 2. The Morgan fingerprint density at radius 2 is 1.57 bits per heavy atom. The Bertz CT molecular complexity index is 80.2. The molecule has 0 aromatic rings. The lowest BCUT2D eigenvalue weighted by molar-refractivity contribution is 1.00. The van der Waals surface area contributed by atoms with Crippen molar-refractivity contribution in [1.29, 1.82) is 0 Å². The van der Waals surface area contributed by atoms with Crippen molar-refractivity contribution in [2.24, 2.45) is 11.8 Å². The predicted octanol–water partition coefficient (Wildman–Crippen LogP) is 1.99. The highest BCUT2D eigenvalue weighted by molar-refractivity contribution is 5.05. The van der Waals surface area contributed by atoms with Gasteiger partial charge in [-0.15, -0.1) is 13.2 Å². The summed E-state index contributed by atoms with van der Waals surface area (Å²) in [6.07, 6.45) is 5.30. The molecular formula is C7H10. The lowest BCUT2D eigenvalue weighted by atomic mass is 10.3. The topological polar surface area (TPSA) is 0 Å². The largest absolute Gasteiger partial charge is 0.103 e. The number of rotatable bonds is 2. The Kier molecular flexibility index (Phi) is 1.01. The summed E-state index contributed by atoms with van der Waals surface area (Å²) in [5, 5.41) is 0. The van der Waals surface area contributed by atoms with Gasteiger partial charge < -0.3 is 0 Å². The predicted molar refractivity (Wildman–Crippen MR) is 32.0 cm³/mol. The van der Waals surface area contributed by atoms with Crippen molar-refractivity contribution in [2.45, 2.75) is 6.42 Å². The molecular weight excluding hydrogens is 84.1 g/mol. The van der Waals surface area contributed by atoms with Gasteiger partial charge in [0.1, 0.15) is 0 Å². The Morgan fingerprint density at radius 3 is 1.71 bits per heavy atom. The van der Waals surface area contributed by atoms with Crippen molar-refractivity contribution in [3.05, 3.63) is 25.3 Å². The molecule has 0 aromatic heterocycles. The summed E-state index contributed by atoms with van der Waals surface area (Å²) >= 11 is 0. The van der Waals surface area contributed by atoms with Crippen molar-refractivity contribution in [2.75, 3.05) is 0 Å². The molecule has 2 atom stereocenters. The van der Waals surface area contributed by atoms with Crippen molar-refractivity contribution in [1.82, 2.24) is 0 Å². The van der Waals surface area contributed by atoms with Gasteiger partial charge in [-0.2, -0.15) is 0 Å². The van der Waals surface area contributed by atoms with Crippen LogP contribution in [-0.4, -0.2) is 0 Å². The van der Waals surface area contributed by atoms with E-state index in [2.05, 4.69) is 13.2 Å². The molecule has 0 heteroatoms. The third kappa shape index (κ3) is 0.738. The third-order valence-corrected chi connectivity index (χ3v) is 1.50. The minimum atomic E-state index is 0.762. The van der Waals surface area contributed by atoms with Gasteiger partial charge in [0.15, 0.2) is 0 Å². The molecule has 1 aliphatic carbocycles. The summed E-state index contributed by atoms with van der Waals surface area (Å²) in [5.41, 5.74) is 0. The SMILES string of the molecule is C=C[C@@H]1C[C@@H]1C=C. The van der Waals surface area contributed by atoms with Gasteiger partial charge in [0.25, 0.3) is 0 Å². The first kappa shape index (κ1) is 4.63. The van der Waals surface area contributed by atoms with Gasteiger partial charge in [-0.1, -0.05) is 12.2 Å². The van der Waals surface area contributed by atoms with E-state index in [9.17, 15) is 0 Å². The maximum atomic E-state index is 3.67. The van der Waals surface area contributed by atoms with Crippen molar-refractivity contribution in [3.8, 4) is 0 Å². The summed E-state index contributed by atoms with van der Waals surface area (Å²) in [4.78, 5) is 0. The fraction of sp³-hybridized carbons (Fsp3) is 0.429. The molecule has 1 rings (SSSR count). The maximum absolute atomic E-state index is 3.67. The highest BCUT2D eigenvalue weighted by atomic mass is 14.3. The molecule has 0 saturated heterocycles. The Labute approximate surface area is 44.5 Å². The van der Waals surface area contributed by atoms with Gasteiger partial charge in [-0.25, -0.2) is 0 Å². The van der Waals surface area contributed by atoms with E-state index in [-0.39, 0.29) is 0 Å². The Balaban J connectivity index is 2.30. The molecule has 0 aromatic carbocycles. The minimum Gasteiger partial charge on any atom is -0.103 e. The molecule has 0 unspecified atom stereocenters. The fourth-order valence-electron chi connectivity index (χ4n) is 0.778. The zero-order valence-electron chi connectivity index (χ0n) is 4.43. The van der Waals surface area contributed by atoms with E-state index in [4.69, 9.17) is 0 Å². The second kappa shape index (κ2) is 1.53. The van der Waals surface area contributed by atoms with Crippen LogP contribution in [0.15, 0.2) is 25.3 Å². The van der Waals surface area contributed by atoms with Crippen LogP contribution in [0.5, 0.6) is 0 Å². The fourth-order valence-corrected chi connectivity index (χ4v) is 0.778. The normalized spacial score (nSPS) is 37.1. The van der Waals surface area contributed by atoms with Crippen LogP contribution < -0.4 is 0 Å². The first-order chi connectivity index (χ1) is 3.38. The van der Waals surface area contributed by atoms with Crippen LogP contribution in [-0.2, 0) is 0 Å². The zero-order valence-corrected chi connectivity index (χ0v) is 4.43. The summed E-state index contributed by atoms with van der Waals surface area (Å²) in [7, 11) is 0. The number of hydrogen-bond acceptors (Lipinski definition) is 0. The van der Waals surface area contributed by atoms with Crippen LogP contribution in [0.25, 0.3) is 0 Å². The zero-order chi connectivity index (χ0) is 5.28. The van der Waals surface area contributed by atoms with Crippen LogP contribution in [0.4, 0.5) is 0 Å². The third-order valence-electron chi connectivity index (χ3n) is 1.50.